The second-order valence-electron chi connectivity index (χ2n) is 4.97. The van der Waals surface area contributed by atoms with Crippen LogP contribution in [0.5, 0.6) is 0 Å². The van der Waals surface area contributed by atoms with Crippen LogP contribution in [0.2, 0.25) is 0 Å². The van der Waals surface area contributed by atoms with Crippen LogP contribution in [-0.4, -0.2) is 27.3 Å². The molecule has 3 heterocycles. The minimum absolute atomic E-state index is 0.00553. The van der Waals surface area contributed by atoms with Gasteiger partial charge in [-0.3, -0.25) is 14.2 Å². The summed E-state index contributed by atoms with van der Waals surface area (Å²) < 4.78 is 2.35. The zero-order valence-corrected chi connectivity index (χ0v) is 13.4. The first-order valence-corrected chi connectivity index (χ1v) is 8.89. The Morgan fingerprint density at radius 1 is 1.48 bits per heavy atom. The van der Waals surface area contributed by atoms with Crippen molar-refractivity contribution in [1.29, 1.82) is 0 Å². The van der Waals surface area contributed by atoms with Crippen LogP contribution in [0.4, 0.5) is 0 Å². The Morgan fingerprint density at radius 2 is 2.33 bits per heavy atom. The standard InChI is InChI=1S/C14H17N3O2S2/c1-2-17-13(19)11-9(6-8-20-11)16-14(17)21-10-5-3-4-7-15-12(10)18/h6,8,10H,2-5,7H2,1H3,(H,15,18). The molecule has 0 aromatic carbocycles. The van der Waals surface area contributed by atoms with E-state index in [9.17, 15) is 9.59 Å². The summed E-state index contributed by atoms with van der Waals surface area (Å²) in [4.78, 5) is 29.1. The molecule has 2 aromatic heterocycles. The lowest BCUT2D eigenvalue weighted by Gasteiger charge is -2.15. The summed E-state index contributed by atoms with van der Waals surface area (Å²) in [5.74, 6) is 0.0554. The van der Waals surface area contributed by atoms with E-state index in [1.165, 1.54) is 23.1 Å². The number of hydrogen-bond donors (Lipinski definition) is 1. The fourth-order valence-corrected chi connectivity index (χ4v) is 4.44. The minimum Gasteiger partial charge on any atom is -0.355 e. The number of rotatable bonds is 3. The van der Waals surface area contributed by atoms with Gasteiger partial charge in [-0.2, -0.15) is 0 Å². The van der Waals surface area contributed by atoms with Crippen molar-refractivity contribution >= 4 is 39.2 Å². The Morgan fingerprint density at radius 3 is 3.14 bits per heavy atom. The van der Waals surface area contributed by atoms with Gasteiger partial charge in [0, 0.05) is 13.1 Å². The molecule has 2 aromatic rings. The number of carbonyl (C=O) groups is 1. The van der Waals surface area contributed by atoms with E-state index in [4.69, 9.17) is 0 Å². The van der Waals surface area contributed by atoms with E-state index < -0.39 is 0 Å². The highest BCUT2D eigenvalue weighted by atomic mass is 32.2. The number of hydrogen-bond acceptors (Lipinski definition) is 5. The minimum atomic E-state index is -0.159. The molecule has 1 amide bonds. The Balaban J connectivity index is 1.99. The van der Waals surface area contributed by atoms with Crippen molar-refractivity contribution in [2.75, 3.05) is 6.54 Å². The van der Waals surface area contributed by atoms with Crippen LogP contribution in [0, 0.1) is 0 Å². The third-order valence-corrected chi connectivity index (χ3v) is 5.73. The molecule has 0 bridgehead atoms. The monoisotopic (exact) mass is 323 g/mol. The molecule has 3 rings (SSSR count). The summed E-state index contributed by atoms with van der Waals surface area (Å²) in [6.45, 7) is 3.24. The van der Waals surface area contributed by atoms with E-state index in [2.05, 4.69) is 10.3 Å². The average molecular weight is 323 g/mol. The second-order valence-corrected chi connectivity index (χ2v) is 7.06. The highest BCUT2D eigenvalue weighted by Crippen LogP contribution is 2.28. The summed E-state index contributed by atoms with van der Waals surface area (Å²) in [5, 5.41) is 5.30. The number of nitrogens with zero attached hydrogens (tertiary/aromatic N) is 2. The van der Waals surface area contributed by atoms with Crippen LogP contribution in [0.3, 0.4) is 0 Å². The van der Waals surface area contributed by atoms with Crippen LogP contribution in [0.25, 0.3) is 10.2 Å². The van der Waals surface area contributed by atoms with E-state index in [0.717, 1.165) is 31.3 Å². The number of carbonyl (C=O) groups excluding carboxylic acids is 1. The summed E-state index contributed by atoms with van der Waals surface area (Å²) >= 11 is 2.83. The van der Waals surface area contributed by atoms with Gasteiger partial charge in [0.25, 0.3) is 5.56 Å². The predicted molar refractivity (Wildman–Crippen MR) is 86.1 cm³/mol. The van der Waals surface area contributed by atoms with Crippen LogP contribution in [0.1, 0.15) is 26.2 Å². The topological polar surface area (TPSA) is 64.0 Å². The molecule has 21 heavy (non-hydrogen) atoms. The fraction of sp³-hybridized carbons (Fsp3) is 0.500. The van der Waals surface area contributed by atoms with Crippen molar-refractivity contribution in [3.63, 3.8) is 0 Å². The molecule has 5 nitrogen and oxygen atoms in total. The lowest BCUT2D eigenvalue weighted by molar-refractivity contribution is -0.120. The van der Waals surface area contributed by atoms with Gasteiger partial charge in [-0.15, -0.1) is 11.3 Å². The Bertz CT molecular complexity index is 723. The molecular weight excluding hydrogens is 306 g/mol. The fourth-order valence-electron chi connectivity index (χ4n) is 2.44. The van der Waals surface area contributed by atoms with Gasteiger partial charge in [0.2, 0.25) is 5.91 Å². The van der Waals surface area contributed by atoms with Crippen LogP contribution < -0.4 is 10.9 Å². The normalized spacial score (nSPS) is 19.5. The Hall–Kier alpha value is -1.34. The molecule has 112 valence electrons. The van der Waals surface area contributed by atoms with Crippen molar-refractivity contribution in [2.45, 2.75) is 43.1 Å². The molecule has 1 fully saturated rings. The van der Waals surface area contributed by atoms with Crippen molar-refractivity contribution in [3.05, 3.63) is 21.8 Å². The van der Waals surface area contributed by atoms with Gasteiger partial charge >= 0.3 is 0 Å². The zero-order chi connectivity index (χ0) is 14.8. The lowest BCUT2D eigenvalue weighted by atomic mass is 10.2. The number of thiophene rings is 1. The van der Waals surface area contributed by atoms with Crippen LogP contribution in [0.15, 0.2) is 21.4 Å². The van der Waals surface area contributed by atoms with Gasteiger partial charge in [0.05, 0.1) is 10.8 Å². The lowest BCUT2D eigenvalue weighted by Crippen LogP contribution is -2.31. The molecule has 0 aliphatic carbocycles. The van der Waals surface area contributed by atoms with Gasteiger partial charge in [-0.1, -0.05) is 18.2 Å². The van der Waals surface area contributed by atoms with E-state index >= 15 is 0 Å². The highest BCUT2D eigenvalue weighted by molar-refractivity contribution is 8.00. The Labute approximate surface area is 130 Å². The van der Waals surface area contributed by atoms with Crippen LogP contribution in [-0.2, 0) is 11.3 Å². The van der Waals surface area contributed by atoms with Gasteiger partial charge in [0.1, 0.15) is 4.70 Å². The molecule has 0 saturated carbocycles. The number of aromatic nitrogens is 2. The van der Waals surface area contributed by atoms with E-state index in [-0.39, 0.29) is 16.7 Å². The first kappa shape index (κ1) is 14.6. The van der Waals surface area contributed by atoms with E-state index in [0.29, 0.717) is 16.4 Å². The Kier molecular flexibility index (Phi) is 4.30. The van der Waals surface area contributed by atoms with Gasteiger partial charge < -0.3 is 5.32 Å². The molecular formula is C14H17N3O2S2. The smallest absolute Gasteiger partial charge is 0.272 e. The molecule has 1 aliphatic rings. The van der Waals surface area contributed by atoms with E-state index in [1.807, 2.05) is 18.4 Å². The molecule has 1 N–H and O–H groups in total. The molecule has 1 saturated heterocycles. The summed E-state index contributed by atoms with van der Waals surface area (Å²) in [6, 6.07) is 1.86. The predicted octanol–water partition coefficient (Wildman–Crippen LogP) is 2.24. The highest BCUT2D eigenvalue weighted by Gasteiger charge is 2.24. The zero-order valence-electron chi connectivity index (χ0n) is 11.8. The first-order chi connectivity index (χ1) is 10.2. The van der Waals surface area contributed by atoms with Crippen molar-refractivity contribution in [1.82, 2.24) is 14.9 Å². The number of amides is 1. The molecule has 1 unspecified atom stereocenters. The van der Waals surface area contributed by atoms with Crippen molar-refractivity contribution in [2.24, 2.45) is 0 Å². The maximum Gasteiger partial charge on any atom is 0.272 e. The molecule has 0 spiro atoms. The maximum absolute atomic E-state index is 12.5. The van der Waals surface area contributed by atoms with Crippen molar-refractivity contribution < 1.29 is 4.79 Å². The second kappa shape index (κ2) is 6.19. The summed E-state index contributed by atoms with van der Waals surface area (Å²) in [6.07, 6.45) is 2.87. The largest absolute Gasteiger partial charge is 0.355 e. The first-order valence-electron chi connectivity index (χ1n) is 7.13. The van der Waals surface area contributed by atoms with Gasteiger partial charge in [-0.05, 0) is 31.2 Å². The molecule has 0 radical (unpaired) electrons. The molecule has 1 aliphatic heterocycles. The number of thioether (sulfide) groups is 1. The number of nitrogens with one attached hydrogen (secondary N) is 1. The van der Waals surface area contributed by atoms with Gasteiger partial charge in [0.15, 0.2) is 5.16 Å². The summed E-state index contributed by atoms with van der Waals surface area (Å²) in [5.41, 5.74) is 0.722. The maximum atomic E-state index is 12.5. The SMILES string of the molecule is CCn1c(SC2CCCCNC2=O)nc2ccsc2c1=O. The summed E-state index contributed by atoms with van der Waals surface area (Å²) in [7, 11) is 0. The molecule has 1 atom stereocenters. The van der Waals surface area contributed by atoms with Gasteiger partial charge in [-0.25, -0.2) is 4.98 Å². The van der Waals surface area contributed by atoms with Crippen LogP contribution >= 0.6 is 23.1 Å². The molecule has 7 heteroatoms. The van der Waals surface area contributed by atoms with E-state index in [1.54, 1.807) is 4.57 Å². The average Bonchev–Trinajstić information content (AvgIpc) is 2.85. The van der Waals surface area contributed by atoms with Crippen molar-refractivity contribution in [3.8, 4) is 0 Å². The third kappa shape index (κ3) is 2.85. The number of fused-ring (bicyclic) bond motifs is 1. The quantitative estimate of drug-likeness (QED) is 0.880. The third-order valence-electron chi connectivity index (χ3n) is 3.58.